The van der Waals surface area contributed by atoms with Gasteiger partial charge in [0.15, 0.2) is 0 Å². The second kappa shape index (κ2) is 19.8. The zero-order valence-electron chi connectivity index (χ0n) is 1.73. The van der Waals surface area contributed by atoms with Gasteiger partial charge in [0.25, 0.3) is 0 Å². The summed E-state index contributed by atoms with van der Waals surface area (Å²) in [6.45, 7) is 0. The van der Waals surface area contributed by atoms with Gasteiger partial charge in [-0.1, -0.05) is 0 Å². The normalized spacial score (nSPS) is 0.750. The third-order valence-electron chi connectivity index (χ3n) is 0. The first-order chi connectivity index (χ1) is 1.00. The fourth-order valence-corrected chi connectivity index (χ4v) is 0. The van der Waals surface area contributed by atoms with E-state index in [0.717, 1.165) is 22.4 Å². The number of rotatable bonds is 0. The van der Waals surface area contributed by atoms with Crippen LogP contribution in [-0.2, 0) is 17.1 Å². The van der Waals surface area contributed by atoms with Crippen molar-refractivity contribution in [1.82, 2.24) is 0 Å². The Labute approximate surface area is 57.8 Å². The molecule has 4 heavy (non-hydrogen) atoms. The van der Waals surface area contributed by atoms with Crippen LogP contribution in [0.2, 0.25) is 0 Å². The maximum absolute atomic E-state index is 4.21. The zero-order chi connectivity index (χ0) is 2.00. The van der Waals surface area contributed by atoms with E-state index >= 15 is 0 Å². The van der Waals surface area contributed by atoms with E-state index in [4.69, 9.17) is 0 Å². The van der Waals surface area contributed by atoms with Gasteiger partial charge in [0, 0.05) is 27.0 Å². The molecule has 0 amide bonds. The summed E-state index contributed by atoms with van der Waals surface area (Å²) in [5, 5.41) is 0. The SMILES string of the molecule is [Cu].[P].[S]=[In]. The minimum atomic E-state index is 0. The maximum atomic E-state index is 4.21. The van der Waals surface area contributed by atoms with E-state index in [1.165, 1.54) is 0 Å². The van der Waals surface area contributed by atoms with Crippen LogP contribution in [0.25, 0.3) is 0 Å². The monoisotopic (exact) mass is 241 g/mol. The van der Waals surface area contributed by atoms with Crippen LogP contribution in [0.3, 0.4) is 0 Å². The van der Waals surface area contributed by atoms with Crippen LogP contribution in [0.5, 0.6) is 0 Å². The van der Waals surface area contributed by atoms with Gasteiger partial charge < -0.3 is 0 Å². The standard InChI is InChI=1S/Cu.In.P.S. The molecule has 0 aliphatic rings. The Morgan fingerprint density at radius 1 is 1.25 bits per heavy atom. The first-order valence-electron chi connectivity index (χ1n) is 0.236. The summed E-state index contributed by atoms with van der Waals surface area (Å²) in [5.74, 6) is 0. The van der Waals surface area contributed by atoms with Crippen molar-refractivity contribution >= 4 is 41.2 Å². The summed E-state index contributed by atoms with van der Waals surface area (Å²) >= 11 is 0.933. The quantitative estimate of drug-likeness (QED) is 0.452. The van der Waals surface area contributed by atoms with Crippen LogP contribution in [0, 0.1) is 0 Å². The van der Waals surface area contributed by atoms with Crippen molar-refractivity contribution < 1.29 is 17.1 Å². The van der Waals surface area contributed by atoms with Gasteiger partial charge in [0.1, 0.15) is 0 Å². The minimum absolute atomic E-state index is 0. The number of hydrogen-bond acceptors (Lipinski definition) is 1. The van der Waals surface area contributed by atoms with E-state index in [2.05, 4.69) is 8.92 Å². The first kappa shape index (κ1) is 16.6. The van der Waals surface area contributed by atoms with Gasteiger partial charge in [0.05, 0.1) is 0 Å². The second-order valence-corrected chi connectivity index (χ2v) is 0. The molecule has 0 spiro atoms. The molecule has 4 heteroatoms. The van der Waals surface area contributed by atoms with E-state index in [-0.39, 0.29) is 27.0 Å². The molecule has 0 atom stereocenters. The molecule has 0 aromatic rings. The van der Waals surface area contributed by atoms with Crippen LogP contribution >= 0.6 is 18.8 Å². The molecule has 0 unspecified atom stereocenters. The fraction of sp³-hybridized carbons (Fsp3) is 0. The van der Waals surface area contributed by atoms with Gasteiger partial charge in [-0.15, -0.1) is 0 Å². The van der Waals surface area contributed by atoms with Crippen molar-refractivity contribution in [1.29, 1.82) is 0 Å². The molecule has 0 aromatic carbocycles. The van der Waals surface area contributed by atoms with Crippen molar-refractivity contribution in [3.63, 3.8) is 0 Å². The molecule has 25 valence electrons. The summed E-state index contributed by atoms with van der Waals surface area (Å²) in [6, 6.07) is 0. The van der Waals surface area contributed by atoms with E-state index in [9.17, 15) is 0 Å². The zero-order valence-corrected chi connectivity index (χ0v) is 7.68. The number of hydrogen-bond donors (Lipinski definition) is 0. The molecule has 0 N–H and O–H groups in total. The Hall–Kier alpha value is 2.04. The topological polar surface area (TPSA) is 0 Å². The van der Waals surface area contributed by atoms with E-state index in [1.807, 2.05) is 0 Å². The Balaban J connectivity index is -0.00000000500. The van der Waals surface area contributed by atoms with Crippen molar-refractivity contribution in [2.75, 3.05) is 0 Å². The molecule has 0 saturated heterocycles. The average molecular weight is 241 g/mol. The van der Waals surface area contributed by atoms with Gasteiger partial charge in [-0.05, 0) is 0 Å². The Kier molecular flexibility index (Phi) is 82.1. The van der Waals surface area contributed by atoms with Crippen LogP contribution < -0.4 is 0 Å². The van der Waals surface area contributed by atoms with E-state index in [0.29, 0.717) is 0 Å². The van der Waals surface area contributed by atoms with Crippen LogP contribution in [-0.4, -0.2) is 22.4 Å². The van der Waals surface area contributed by atoms with Crippen molar-refractivity contribution in [3.8, 4) is 0 Å². The van der Waals surface area contributed by atoms with Gasteiger partial charge in [-0.2, -0.15) is 0 Å². The molecular weight excluding hydrogens is 241 g/mol. The molecule has 5 radical (unpaired) electrons. The molecule has 0 fully saturated rings. The predicted molar refractivity (Wildman–Crippen MR) is 20.3 cm³/mol. The van der Waals surface area contributed by atoms with Gasteiger partial charge in [0.2, 0.25) is 0 Å². The molecule has 0 aliphatic carbocycles. The predicted octanol–water partition coefficient (Wildman–Crippen LogP) is 1.13. The van der Waals surface area contributed by atoms with Crippen molar-refractivity contribution in [2.24, 2.45) is 0 Å². The van der Waals surface area contributed by atoms with E-state index in [1.54, 1.807) is 0 Å². The Morgan fingerprint density at radius 3 is 1.25 bits per heavy atom. The average Bonchev–Trinajstić information content (AvgIpc) is 1.00. The van der Waals surface area contributed by atoms with E-state index < -0.39 is 0 Å². The van der Waals surface area contributed by atoms with Gasteiger partial charge >= 0.3 is 31.3 Å². The summed E-state index contributed by atoms with van der Waals surface area (Å²) in [4.78, 5) is 0. The van der Waals surface area contributed by atoms with Crippen molar-refractivity contribution in [2.45, 2.75) is 0 Å². The molecule has 0 rings (SSSR count). The summed E-state index contributed by atoms with van der Waals surface area (Å²) in [6.07, 6.45) is 0. The fourth-order valence-electron chi connectivity index (χ4n) is 0. The molecule has 0 heterocycles. The van der Waals surface area contributed by atoms with Crippen molar-refractivity contribution in [3.05, 3.63) is 0 Å². The summed E-state index contributed by atoms with van der Waals surface area (Å²) in [7, 11) is 4.21. The molecule has 0 aliphatic heterocycles. The van der Waals surface area contributed by atoms with Gasteiger partial charge in [-0.3, -0.25) is 0 Å². The molecular formula is CuInPS. The van der Waals surface area contributed by atoms with Crippen LogP contribution in [0.4, 0.5) is 0 Å². The Morgan fingerprint density at radius 2 is 1.25 bits per heavy atom. The third kappa shape index (κ3) is 8.97. The van der Waals surface area contributed by atoms with Crippen LogP contribution in [0.15, 0.2) is 0 Å². The van der Waals surface area contributed by atoms with Crippen LogP contribution in [0.1, 0.15) is 0 Å². The molecule has 0 bridgehead atoms. The summed E-state index contributed by atoms with van der Waals surface area (Å²) in [5.41, 5.74) is 0. The molecule has 0 saturated carbocycles. The third-order valence-corrected chi connectivity index (χ3v) is 0. The Bertz CT molecular complexity index is 8.00. The second-order valence-electron chi connectivity index (χ2n) is 0. The molecule has 0 aromatic heterocycles. The van der Waals surface area contributed by atoms with Gasteiger partial charge in [-0.25, -0.2) is 0 Å². The summed E-state index contributed by atoms with van der Waals surface area (Å²) < 4.78 is 0. The first-order valence-corrected chi connectivity index (χ1v) is 4.74. The molecule has 0 nitrogen and oxygen atoms in total.